The van der Waals surface area contributed by atoms with Crippen LogP contribution in [-0.2, 0) is 6.54 Å². The van der Waals surface area contributed by atoms with Gasteiger partial charge in [0.15, 0.2) is 0 Å². The van der Waals surface area contributed by atoms with Crippen molar-refractivity contribution in [3.63, 3.8) is 0 Å². The van der Waals surface area contributed by atoms with Gasteiger partial charge in [0.2, 0.25) is 0 Å². The predicted molar refractivity (Wildman–Crippen MR) is 72.3 cm³/mol. The van der Waals surface area contributed by atoms with Gasteiger partial charge in [0.1, 0.15) is 12.0 Å². The molecule has 1 aromatic heterocycles. The number of rotatable bonds is 6. The van der Waals surface area contributed by atoms with Crippen molar-refractivity contribution in [3.8, 4) is 0 Å². The molecule has 0 bridgehead atoms. The Morgan fingerprint density at radius 3 is 2.68 bits per heavy atom. The van der Waals surface area contributed by atoms with Crippen LogP contribution in [0.3, 0.4) is 0 Å². The summed E-state index contributed by atoms with van der Waals surface area (Å²) in [5.74, 6) is -0.271. The third-order valence-electron chi connectivity index (χ3n) is 3.50. The number of nitrogens with one attached hydrogen (secondary N) is 1. The minimum atomic E-state index is -0.945. The minimum Gasteiger partial charge on any atom is -0.478 e. The van der Waals surface area contributed by atoms with Crippen molar-refractivity contribution in [2.45, 2.75) is 32.2 Å². The summed E-state index contributed by atoms with van der Waals surface area (Å²) in [7, 11) is 0. The first kappa shape index (κ1) is 14.1. The number of hydrogen-bond acceptors (Lipinski definition) is 4. The fourth-order valence-corrected chi connectivity index (χ4v) is 2.39. The predicted octanol–water partition coefficient (Wildman–Crippen LogP) is 1.94. The van der Waals surface area contributed by atoms with E-state index in [-0.39, 0.29) is 5.56 Å². The van der Waals surface area contributed by atoms with Crippen LogP contribution in [0, 0.1) is 0 Å². The Hall–Kier alpha value is -1.33. The van der Waals surface area contributed by atoms with Gasteiger partial charge in [-0.1, -0.05) is 12.8 Å². The normalized spacial score (nSPS) is 17.3. The summed E-state index contributed by atoms with van der Waals surface area (Å²) in [5.41, 5.74) is 0.212. The van der Waals surface area contributed by atoms with Gasteiger partial charge < -0.3 is 19.7 Å². The van der Waals surface area contributed by atoms with E-state index < -0.39 is 5.97 Å². The third-order valence-corrected chi connectivity index (χ3v) is 3.50. The lowest BCUT2D eigenvalue weighted by atomic mass is 10.2. The lowest BCUT2D eigenvalue weighted by Gasteiger charge is -2.19. The molecule has 2 rings (SSSR count). The standard InChI is InChI=1S/C14H22N2O3/c17-14(18)12-9-13(19-11-12)10-15-5-8-16-6-3-1-2-4-7-16/h9,11,15H,1-8,10H2,(H,17,18). The molecule has 1 aliphatic heterocycles. The smallest absolute Gasteiger partial charge is 0.338 e. The molecule has 106 valence electrons. The van der Waals surface area contributed by atoms with Gasteiger partial charge in [-0.3, -0.25) is 0 Å². The second-order valence-corrected chi connectivity index (χ2v) is 5.04. The van der Waals surface area contributed by atoms with E-state index in [2.05, 4.69) is 10.2 Å². The van der Waals surface area contributed by atoms with Crippen molar-refractivity contribution in [1.29, 1.82) is 0 Å². The molecule has 0 amide bonds. The van der Waals surface area contributed by atoms with Crippen molar-refractivity contribution >= 4 is 5.97 Å². The van der Waals surface area contributed by atoms with Crippen LogP contribution in [0.1, 0.15) is 41.8 Å². The van der Waals surface area contributed by atoms with E-state index in [9.17, 15) is 4.79 Å². The van der Waals surface area contributed by atoms with Crippen molar-refractivity contribution in [2.75, 3.05) is 26.2 Å². The van der Waals surface area contributed by atoms with E-state index >= 15 is 0 Å². The molecule has 19 heavy (non-hydrogen) atoms. The van der Waals surface area contributed by atoms with Crippen molar-refractivity contribution in [1.82, 2.24) is 10.2 Å². The monoisotopic (exact) mass is 266 g/mol. The summed E-state index contributed by atoms with van der Waals surface area (Å²) >= 11 is 0. The first-order valence-corrected chi connectivity index (χ1v) is 6.99. The summed E-state index contributed by atoms with van der Waals surface area (Å²) in [6, 6.07) is 1.57. The molecule has 0 radical (unpaired) electrons. The first-order valence-electron chi connectivity index (χ1n) is 6.99. The van der Waals surface area contributed by atoms with Gasteiger partial charge in [0.05, 0.1) is 12.1 Å². The van der Waals surface area contributed by atoms with Crippen LogP contribution >= 0.6 is 0 Å². The van der Waals surface area contributed by atoms with Crippen molar-refractivity contribution in [3.05, 3.63) is 23.7 Å². The molecule has 0 atom stereocenters. The van der Waals surface area contributed by atoms with E-state index in [0.717, 1.165) is 13.1 Å². The van der Waals surface area contributed by atoms with Gasteiger partial charge in [-0.15, -0.1) is 0 Å². The molecule has 0 spiro atoms. The molecule has 2 heterocycles. The maximum absolute atomic E-state index is 10.7. The average Bonchev–Trinajstić information content (AvgIpc) is 2.72. The fourth-order valence-electron chi connectivity index (χ4n) is 2.39. The molecule has 5 heteroatoms. The molecule has 1 aromatic rings. The van der Waals surface area contributed by atoms with E-state index in [0.29, 0.717) is 12.3 Å². The van der Waals surface area contributed by atoms with E-state index in [1.807, 2.05) is 0 Å². The van der Waals surface area contributed by atoms with Crippen LogP contribution in [0.2, 0.25) is 0 Å². The Balaban J connectivity index is 1.64. The topological polar surface area (TPSA) is 65.7 Å². The number of furan rings is 1. The van der Waals surface area contributed by atoms with Crippen molar-refractivity contribution < 1.29 is 14.3 Å². The molecule has 0 aromatic carbocycles. The molecule has 5 nitrogen and oxygen atoms in total. The molecule has 1 fully saturated rings. The number of likely N-dealkylation sites (tertiary alicyclic amines) is 1. The minimum absolute atomic E-state index is 0.212. The van der Waals surface area contributed by atoms with Crippen LogP contribution in [0.15, 0.2) is 16.7 Å². The van der Waals surface area contributed by atoms with Crippen LogP contribution in [0.4, 0.5) is 0 Å². The Labute approximate surface area is 113 Å². The molecule has 1 aliphatic rings. The van der Waals surface area contributed by atoms with Crippen LogP contribution in [0.5, 0.6) is 0 Å². The van der Waals surface area contributed by atoms with E-state index in [1.165, 1.54) is 45.0 Å². The number of nitrogens with zero attached hydrogens (tertiary/aromatic N) is 1. The van der Waals surface area contributed by atoms with E-state index in [4.69, 9.17) is 9.52 Å². The highest BCUT2D eigenvalue weighted by atomic mass is 16.4. The Morgan fingerprint density at radius 1 is 1.32 bits per heavy atom. The quantitative estimate of drug-likeness (QED) is 0.770. The summed E-state index contributed by atoms with van der Waals surface area (Å²) in [4.78, 5) is 13.2. The van der Waals surface area contributed by atoms with Crippen LogP contribution in [0.25, 0.3) is 0 Å². The number of carbonyl (C=O) groups is 1. The third kappa shape index (κ3) is 4.69. The average molecular weight is 266 g/mol. The van der Waals surface area contributed by atoms with E-state index in [1.54, 1.807) is 6.07 Å². The Morgan fingerprint density at radius 2 is 2.05 bits per heavy atom. The Bertz CT molecular complexity index is 395. The largest absolute Gasteiger partial charge is 0.478 e. The molecular formula is C14H22N2O3. The number of hydrogen-bond donors (Lipinski definition) is 2. The van der Waals surface area contributed by atoms with Gasteiger partial charge in [-0.2, -0.15) is 0 Å². The second-order valence-electron chi connectivity index (χ2n) is 5.04. The molecule has 0 saturated carbocycles. The molecule has 2 N–H and O–H groups in total. The first-order chi connectivity index (χ1) is 9.25. The van der Waals surface area contributed by atoms with Crippen LogP contribution in [-0.4, -0.2) is 42.2 Å². The summed E-state index contributed by atoms with van der Waals surface area (Å²) in [5, 5.41) is 12.1. The molecule has 0 unspecified atom stereocenters. The lowest BCUT2D eigenvalue weighted by Crippen LogP contribution is -2.32. The lowest BCUT2D eigenvalue weighted by molar-refractivity contribution is 0.0696. The number of carboxylic acid groups (broad SMARTS) is 1. The van der Waals surface area contributed by atoms with Crippen molar-refractivity contribution in [2.24, 2.45) is 0 Å². The molecular weight excluding hydrogens is 244 g/mol. The zero-order valence-electron chi connectivity index (χ0n) is 11.2. The maximum Gasteiger partial charge on any atom is 0.338 e. The number of aromatic carboxylic acids is 1. The zero-order valence-corrected chi connectivity index (χ0v) is 11.2. The van der Waals surface area contributed by atoms with Gasteiger partial charge in [-0.25, -0.2) is 4.79 Å². The SMILES string of the molecule is O=C(O)c1coc(CNCCN2CCCCCC2)c1. The Kier molecular flexibility index (Phi) is 5.42. The summed E-state index contributed by atoms with van der Waals surface area (Å²) < 4.78 is 5.18. The highest BCUT2D eigenvalue weighted by molar-refractivity contribution is 5.87. The van der Waals surface area contributed by atoms with Gasteiger partial charge in [-0.05, 0) is 32.0 Å². The van der Waals surface area contributed by atoms with Gasteiger partial charge in [0.25, 0.3) is 0 Å². The highest BCUT2D eigenvalue weighted by Gasteiger charge is 2.09. The zero-order chi connectivity index (χ0) is 13.5. The molecule has 0 aliphatic carbocycles. The second kappa shape index (κ2) is 7.31. The maximum atomic E-state index is 10.7. The summed E-state index contributed by atoms with van der Waals surface area (Å²) in [6.07, 6.45) is 6.61. The van der Waals surface area contributed by atoms with Crippen LogP contribution < -0.4 is 5.32 Å². The molecule has 1 saturated heterocycles. The number of carboxylic acids is 1. The highest BCUT2D eigenvalue weighted by Crippen LogP contribution is 2.09. The van der Waals surface area contributed by atoms with Gasteiger partial charge >= 0.3 is 5.97 Å². The van der Waals surface area contributed by atoms with Gasteiger partial charge in [0, 0.05) is 13.1 Å². The fraction of sp³-hybridized carbons (Fsp3) is 0.643. The summed E-state index contributed by atoms with van der Waals surface area (Å²) in [6.45, 7) is 4.94.